The summed E-state index contributed by atoms with van der Waals surface area (Å²) in [5, 5.41) is 0. The van der Waals surface area contributed by atoms with Gasteiger partial charge < -0.3 is 5.73 Å². The van der Waals surface area contributed by atoms with Crippen molar-refractivity contribution in [3.8, 4) is 0 Å². The van der Waals surface area contributed by atoms with E-state index in [1.807, 2.05) is 19.9 Å². The van der Waals surface area contributed by atoms with Gasteiger partial charge in [0.25, 0.3) is 0 Å². The van der Waals surface area contributed by atoms with Crippen molar-refractivity contribution in [1.29, 1.82) is 0 Å². The lowest BCUT2D eigenvalue weighted by Crippen LogP contribution is -2.06. The SMILES string of the molecule is C=C(/C=C(/CN)CCC(F)F)C(C)C. The molecule has 0 aliphatic heterocycles. The van der Waals surface area contributed by atoms with E-state index in [1.165, 1.54) is 0 Å². The molecule has 0 aromatic carbocycles. The molecule has 3 heteroatoms. The van der Waals surface area contributed by atoms with Crippen LogP contribution in [0.4, 0.5) is 8.78 Å². The molecule has 2 N–H and O–H groups in total. The third-order valence-corrected chi connectivity index (χ3v) is 2.08. The van der Waals surface area contributed by atoms with Gasteiger partial charge in [0.1, 0.15) is 0 Å². The van der Waals surface area contributed by atoms with Gasteiger partial charge in [0.2, 0.25) is 6.43 Å². The summed E-state index contributed by atoms with van der Waals surface area (Å²) in [6.45, 7) is 8.21. The molecule has 82 valence electrons. The monoisotopic (exact) mass is 203 g/mol. The molecule has 0 unspecified atom stereocenters. The Balaban J connectivity index is 4.18. The van der Waals surface area contributed by atoms with Gasteiger partial charge >= 0.3 is 0 Å². The van der Waals surface area contributed by atoms with Crippen LogP contribution >= 0.6 is 0 Å². The molecule has 0 atom stereocenters. The molecule has 1 nitrogen and oxygen atoms in total. The molecule has 0 aliphatic rings. The minimum absolute atomic E-state index is 0.117. The molecule has 0 saturated heterocycles. The number of allylic oxidation sites excluding steroid dienone is 2. The normalized spacial score (nSPS) is 12.6. The smallest absolute Gasteiger partial charge is 0.238 e. The fraction of sp³-hybridized carbons (Fsp3) is 0.636. The highest BCUT2D eigenvalue weighted by Crippen LogP contribution is 2.15. The average molecular weight is 203 g/mol. The van der Waals surface area contributed by atoms with Crippen LogP contribution in [-0.4, -0.2) is 13.0 Å². The zero-order valence-electron chi connectivity index (χ0n) is 8.89. The fourth-order valence-corrected chi connectivity index (χ4v) is 0.957. The summed E-state index contributed by atoms with van der Waals surface area (Å²) in [5.41, 5.74) is 7.25. The maximum atomic E-state index is 11.9. The highest BCUT2D eigenvalue weighted by Gasteiger charge is 2.05. The van der Waals surface area contributed by atoms with Gasteiger partial charge in [-0.1, -0.05) is 37.6 Å². The second-order valence-corrected chi connectivity index (χ2v) is 3.67. The summed E-state index contributed by atoms with van der Waals surface area (Å²) >= 11 is 0. The predicted octanol–water partition coefficient (Wildman–Crippen LogP) is 3.13. The molecule has 0 heterocycles. The van der Waals surface area contributed by atoms with Crippen LogP contribution in [0.1, 0.15) is 26.7 Å². The Morgan fingerprint density at radius 2 is 2.00 bits per heavy atom. The molecule has 0 saturated carbocycles. The van der Waals surface area contributed by atoms with Gasteiger partial charge in [-0.25, -0.2) is 8.78 Å². The summed E-state index contributed by atoms with van der Waals surface area (Å²) < 4.78 is 23.9. The molecular formula is C11H19F2N. The maximum absolute atomic E-state index is 11.9. The molecule has 0 rings (SSSR count). The van der Waals surface area contributed by atoms with Crippen LogP contribution < -0.4 is 5.73 Å². The van der Waals surface area contributed by atoms with E-state index in [4.69, 9.17) is 5.73 Å². The number of halogens is 2. The lowest BCUT2D eigenvalue weighted by atomic mass is 10.0. The van der Waals surface area contributed by atoms with Crippen LogP contribution in [-0.2, 0) is 0 Å². The zero-order valence-corrected chi connectivity index (χ0v) is 8.89. The lowest BCUT2D eigenvalue weighted by Gasteiger charge is -2.08. The van der Waals surface area contributed by atoms with Crippen molar-refractivity contribution in [3.05, 3.63) is 23.8 Å². The molecule has 0 aliphatic carbocycles. The first-order valence-corrected chi connectivity index (χ1v) is 4.83. The molecule has 0 bridgehead atoms. The number of rotatable bonds is 6. The molecule has 0 spiro atoms. The Kier molecular flexibility index (Phi) is 6.37. The van der Waals surface area contributed by atoms with E-state index in [2.05, 4.69) is 6.58 Å². The van der Waals surface area contributed by atoms with Crippen molar-refractivity contribution in [2.75, 3.05) is 6.54 Å². The van der Waals surface area contributed by atoms with E-state index in [0.717, 1.165) is 11.1 Å². The van der Waals surface area contributed by atoms with Gasteiger partial charge in [0.15, 0.2) is 0 Å². The van der Waals surface area contributed by atoms with E-state index in [0.29, 0.717) is 18.9 Å². The molecule has 0 fully saturated rings. The van der Waals surface area contributed by atoms with E-state index >= 15 is 0 Å². The molecule has 14 heavy (non-hydrogen) atoms. The molecule has 0 aromatic heterocycles. The fourth-order valence-electron chi connectivity index (χ4n) is 0.957. The summed E-state index contributed by atoms with van der Waals surface area (Å²) in [6, 6.07) is 0. The van der Waals surface area contributed by atoms with E-state index in [-0.39, 0.29) is 6.42 Å². The minimum atomic E-state index is -2.25. The summed E-state index contributed by atoms with van der Waals surface area (Å²) in [5.74, 6) is 0.336. The number of hydrogen-bond acceptors (Lipinski definition) is 1. The van der Waals surface area contributed by atoms with Crippen LogP contribution in [0.2, 0.25) is 0 Å². The number of hydrogen-bond donors (Lipinski definition) is 1. The van der Waals surface area contributed by atoms with Gasteiger partial charge in [0.05, 0.1) is 0 Å². The molecule has 0 aromatic rings. The summed E-state index contributed by atoms with van der Waals surface area (Å²) in [6.07, 6.45) is -0.168. The Morgan fingerprint density at radius 1 is 1.43 bits per heavy atom. The molecule has 0 amide bonds. The predicted molar refractivity (Wildman–Crippen MR) is 56.4 cm³/mol. The number of nitrogens with two attached hydrogens (primary N) is 1. The van der Waals surface area contributed by atoms with Crippen LogP contribution in [0, 0.1) is 5.92 Å². The first kappa shape index (κ1) is 13.3. The van der Waals surface area contributed by atoms with Crippen LogP contribution in [0.15, 0.2) is 23.8 Å². The Morgan fingerprint density at radius 3 is 2.36 bits per heavy atom. The maximum Gasteiger partial charge on any atom is 0.238 e. The van der Waals surface area contributed by atoms with Crippen molar-refractivity contribution in [2.24, 2.45) is 11.7 Å². The van der Waals surface area contributed by atoms with E-state index in [9.17, 15) is 8.78 Å². The molecule has 0 radical (unpaired) electrons. The van der Waals surface area contributed by atoms with Crippen molar-refractivity contribution in [2.45, 2.75) is 33.1 Å². The standard InChI is InChI=1S/C11H19F2N/c1-8(2)9(3)6-10(7-14)4-5-11(12)13/h6,8,11H,3-5,7,14H2,1-2H3/b10-6+. The van der Waals surface area contributed by atoms with Gasteiger partial charge in [0, 0.05) is 13.0 Å². The average Bonchev–Trinajstić information content (AvgIpc) is 2.11. The summed E-state index contributed by atoms with van der Waals surface area (Å²) in [4.78, 5) is 0. The minimum Gasteiger partial charge on any atom is -0.327 e. The van der Waals surface area contributed by atoms with Crippen LogP contribution in [0.25, 0.3) is 0 Å². The van der Waals surface area contributed by atoms with Crippen molar-refractivity contribution < 1.29 is 8.78 Å². The van der Waals surface area contributed by atoms with Crippen LogP contribution in [0.3, 0.4) is 0 Å². The van der Waals surface area contributed by atoms with Crippen molar-refractivity contribution in [3.63, 3.8) is 0 Å². The second kappa shape index (κ2) is 6.71. The van der Waals surface area contributed by atoms with Crippen molar-refractivity contribution >= 4 is 0 Å². The third-order valence-electron chi connectivity index (χ3n) is 2.08. The van der Waals surface area contributed by atoms with E-state index < -0.39 is 6.43 Å². The highest BCUT2D eigenvalue weighted by molar-refractivity contribution is 5.23. The first-order chi connectivity index (χ1) is 6.47. The van der Waals surface area contributed by atoms with Gasteiger partial charge in [-0.3, -0.25) is 0 Å². The number of alkyl halides is 2. The van der Waals surface area contributed by atoms with Gasteiger partial charge in [-0.2, -0.15) is 0 Å². The largest absolute Gasteiger partial charge is 0.327 e. The second-order valence-electron chi connectivity index (χ2n) is 3.67. The third kappa shape index (κ3) is 5.86. The van der Waals surface area contributed by atoms with Gasteiger partial charge in [-0.15, -0.1) is 0 Å². The quantitative estimate of drug-likeness (QED) is 0.659. The highest BCUT2D eigenvalue weighted by atomic mass is 19.3. The molecular weight excluding hydrogens is 184 g/mol. The van der Waals surface area contributed by atoms with Gasteiger partial charge in [-0.05, 0) is 12.3 Å². The van der Waals surface area contributed by atoms with Crippen LogP contribution in [0.5, 0.6) is 0 Å². The first-order valence-electron chi connectivity index (χ1n) is 4.83. The Hall–Kier alpha value is -0.700. The Bertz CT molecular complexity index is 207. The topological polar surface area (TPSA) is 26.0 Å². The van der Waals surface area contributed by atoms with Crippen molar-refractivity contribution in [1.82, 2.24) is 0 Å². The summed E-state index contributed by atoms with van der Waals surface area (Å²) in [7, 11) is 0. The lowest BCUT2D eigenvalue weighted by molar-refractivity contribution is 0.138. The zero-order chi connectivity index (χ0) is 11.1. The Labute approximate surface area is 84.7 Å². The van der Waals surface area contributed by atoms with E-state index in [1.54, 1.807) is 0 Å².